The van der Waals surface area contributed by atoms with Crippen LogP contribution >= 0.6 is 11.3 Å². The molecule has 0 unspecified atom stereocenters. The van der Waals surface area contributed by atoms with Crippen molar-refractivity contribution in [2.45, 2.75) is 6.92 Å². The third-order valence-corrected chi connectivity index (χ3v) is 5.01. The maximum atomic E-state index is 14.5. The first-order valence-electron chi connectivity index (χ1n) is 8.15. The van der Waals surface area contributed by atoms with E-state index in [0.29, 0.717) is 22.1 Å². The Labute approximate surface area is 158 Å². The largest absolute Gasteiger partial charge is 0.476 e. The number of nitrogens with zero attached hydrogens (tertiary/aromatic N) is 3. The van der Waals surface area contributed by atoms with E-state index in [-0.39, 0.29) is 11.5 Å². The number of carboxylic acid groups (broad SMARTS) is 1. The summed E-state index contributed by atoms with van der Waals surface area (Å²) in [5.74, 6) is -1.49. The summed E-state index contributed by atoms with van der Waals surface area (Å²) in [4.78, 5) is 15.3. The van der Waals surface area contributed by atoms with Crippen LogP contribution in [0, 0.1) is 12.7 Å². The molecule has 0 fully saturated rings. The zero-order valence-electron chi connectivity index (χ0n) is 14.3. The molecular weight excluding hydrogens is 365 g/mol. The fourth-order valence-corrected chi connectivity index (χ4v) is 3.69. The number of halogens is 1. The van der Waals surface area contributed by atoms with Gasteiger partial charge in [-0.1, -0.05) is 42.5 Å². The number of rotatable bonds is 4. The summed E-state index contributed by atoms with van der Waals surface area (Å²) in [6.07, 6.45) is 0. The minimum absolute atomic E-state index is 0.0658. The van der Waals surface area contributed by atoms with Gasteiger partial charge in [0.25, 0.3) is 0 Å². The molecule has 0 amide bonds. The summed E-state index contributed by atoms with van der Waals surface area (Å²) < 4.78 is 16.1. The number of aromatic nitrogens is 3. The molecule has 2 aromatic heterocycles. The number of hydrogen-bond acceptors (Lipinski definition) is 4. The number of benzene rings is 2. The lowest BCUT2D eigenvalue weighted by Crippen LogP contribution is -2.02. The molecule has 0 radical (unpaired) electrons. The lowest BCUT2D eigenvalue weighted by atomic mass is 10.0. The van der Waals surface area contributed by atoms with Gasteiger partial charge in [0.1, 0.15) is 5.82 Å². The van der Waals surface area contributed by atoms with Crippen molar-refractivity contribution in [3.8, 4) is 27.6 Å². The molecule has 2 heterocycles. The molecule has 4 rings (SSSR count). The molecule has 0 aliphatic rings. The standard InChI is InChI=1S/C20H14FN3O2S/c1-12-17(13-7-3-2-4-8-13)23-24(20-22-16(11-27-20)19(25)26)18(12)14-9-5-6-10-15(14)21/h2-11H,1H3,(H,25,26). The maximum absolute atomic E-state index is 14.5. The Morgan fingerprint density at radius 2 is 1.81 bits per heavy atom. The van der Waals surface area contributed by atoms with E-state index in [1.807, 2.05) is 37.3 Å². The summed E-state index contributed by atoms with van der Waals surface area (Å²) in [6.45, 7) is 1.87. The Kier molecular flexibility index (Phi) is 4.29. The molecule has 0 saturated heterocycles. The Hall–Kier alpha value is -3.32. The summed E-state index contributed by atoms with van der Waals surface area (Å²) in [6, 6.07) is 16.0. The van der Waals surface area contributed by atoms with Gasteiger partial charge in [-0.3, -0.25) is 0 Å². The molecule has 1 N–H and O–H groups in total. The first kappa shape index (κ1) is 17.1. The molecule has 5 nitrogen and oxygen atoms in total. The highest BCUT2D eigenvalue weighted by atomic mass is 32.1. The zero-order chi connectivity index (χ0) is 19.0. The monoisotopic (exact) mass is 379 g/mol. The number of hydrogen-bond donors (Lipinski definition) is 1. The van der Waals surface area contributed by atoms with Crippen LogP contribution in [-0.4, -0.2) is 25.8 Å². The molecule has 2 aromatic carbocycles. The van der Waals surface area contributed by atoms with E-state index in [9.17, 15) is 9.18 Å². The molecule has 27 heavy (non-hydrogen) atoms. The fraction of sp³-hybridized carbons (Fsp3) is 0.0500. The lowest BCUT2D eigenvalue weighted by molar-refractivity contribution is 0.0691. The SMILES string of the molecule is Cc1c(-c2ccccc2)nn(-c2nc(C(=O)O)cs2)c1-c1ccccc1F. The van der Waals surface area contributed by atoms with Gasteiger partial charge in [0.05, 0.1) is 11.4 Å². The molecule has 0 bridgehead atoms. The van der Waals surface area contributed by atoms with Crippen LogP contribution < -0.4 is 0 Å². The van der Waals surface area contributed by atoms with Crippen molar-refractivity contribution in [3.63, 3.8) is 0 Å². The average molecular weight is 379 g/mol. The van der Waals surface area contributed by atoms with Crippen molar-refractivity contribution >= 4 is 17.3 Å². The van der Waals surface area contributed by atoms with Crippen LogP contribution in [0.1, 0.15) is 16.1 Å². The Morgan fingerprint density at radius 3 is 2.48 bits per heavy atom. The third-order valence-electron chi connectivity index (χ3n) is 4.19. The Balaban J connectivity index is 1.99. The average Bonchev–Trinajstić information content (AvgIpc) is 3.28. The van der Waals surface area contributed by atoms with E-state index in [1.54, 1.807) is 18.2 Å². The normalized spacial score (nSPS) is 10.9. The summed E-state index contributed by atoms with van der Waals surface area (Å²) in [5.41, 5.74) is 3.25. The van der Waals surface area contributed by atoms with Crippen molar-refractivity contribution in [3.05, 3.63) is 77.1 Å². The lowest BCUT2D eigenvalue weighted by Gasteiger charge is -2.07. The second-order valence-corrected chi connectivity index (χ2v) is 6.74. The summed E-state index contributed by atoms with van der Waals surface area (Å²) >= 11 is 1.15. The number of aromatic carboxylic acids is 1. The quantitative estimate of drug-likeness (QED) is 0.553. The Bertz CT molecular complexity index is 1140. The van der Waals surface area contributed by atoms with Gasteiger partial charge in [-0.05, 0) is 19.1 Å². The first-order valence-corrected chi connectivity index (χ1v) is 9.03. The van der Waals surface area contributed by atoms with Gasteiger partial charge >= 0.3 is 5.97 Å². The number of thiazole rings is 1. The molecular formula is C20H14FN3O2S. The summed E-state index contributed by atoms with van der Waals surface area (Å²) in [7, 11) is 0. The van der Waals surface area contributed by atoms with Gasteiger partial charge in [0, 0.05) is 22.1 Å². The molecule has 0 atom stereocenters. The van der Waals surface area contributed by atoms with Crippen molar-refractivity contribution in [1.82, 2.24) is 14.8 Å². The highest BCUT2D eigenvalue weighted by Crippen LogP contribution is 2.35. The molecule has 0 saturated carbocycles. The molecule has 0 spiro atoms. The summed E-state index contributed by atoms with van der Waals surface area (Å²) in [5, 5.41) is 15.6. The van der Waals surface area contributed by atoms with Crippen molar-refractivity contribution < 1.29 is 14.3 Å². The molecule has 4 aromatic rings. The van der Waals surface area contributed by atoms with Crippen molar-refractivity contribution in [1.29, 1.82) is 0 Å². The minimum Gasteiger partial charge on any atom is -0.476 e. The van der Waals surface area contributed by atoms with E-state index in [4.69, 9.17) is 5.11 Å². The minimum atomic E-state index is -1.11. The maximum Gasteiger partial charge on any atom is 0.355 e. The highest BCUT2D eigenvalue weighted by molar-refractivity contribution is 7.12. The second-order valence-electron chi connectivity index (χ2n) is 5.90. The Morgan fingerprint density at radius 1 is 1.11 bits per heavy atom. The zero-order valence-corrected chi connectivity index (χ0v) is 15.1. The molecule has 134 valence electrons. The number of carboxylic acids is 1. The number of carbonyl (C=O) groups is 1. The molecule has 0 aliphatic carbocycles. The third kappa shape index (κ3) is 3.02. The van der Waals surface area contributed by atoms with Crippen LogP contribution in [0.4, 0.5) is 4.39 Å². The predicted octanol–water partition coefficient (Wildman–Crippen LogP) is 4.81. The van der Waals surface area contributed by atoms with Crippen LogP contribution in [0.3, 0.4) is 0 Å². The van der Waals surface area contributed by atoms with Crippen LogP contribution in [0.2, 0.25) is 0 Å². The van der Waals surface area contributed by atoms with E-state index >= 15 is 0 Å². The van der Waals surface area contributed by atoms with Gasteiger partial charge < -0.3 is 5.11 Å². The van der Waals surface area contributed by atoms with Crippen molar-refractivity contribution in [2.75, 3.05) is 0 Å². The van der Waals surface area contributed by atoms with Gasteiger partial charge in [0.2, 0.25) is 5.13 Å². The first-order chi connectivity index (χ1) is 13.1. The van der Waals surface area contributed by atoms with Crippen LogP contribution in [0.25, 0.3) is 27.6 Å². The van der Waals surface area contributed by atoms with Gasteiger partial charge in [-0.15, -0.1) is 11.3 Å². The van der Waals surface area contributed by atoms with Gasteiger partial charge in [0.15, 0.2) is 5.69 Å². The highest BCUT2D eigenvalue weighted by Gasteiger charge is 2.22. The van der Waals surface area contributed by atoms with E-state index in [0.717, 1.165) is 22.5 Å². The van der Waals surface area contributed by atoms with Crippen LogP contribution in [0.15, 0.2) is 60.0 Å². The van der Waals surface area contributed by atoms with Gasteiger partial charge in [-0.2, -0.15) is 5.10 Å². The van der Waals surface area contributed by atoms with Crippen LogP contribution in [-0.2, 0) is 0 Å². The van der Waals surface area contributed by atoms with Crippen LogP contribution in [0.5, 0.6) is 0 Å². The van der Waals surface area contributed by atoms with Crippen molar-refractivity contribution in [2.24, 2.45) is 0 Å². The molecule has 0 aliphatic heterocycles. The topological polar surface area (TPSA) is 68.0 Å². The smallest absolute Gasteiger partial charge is 0.355 e. The fourth-order valence-electron chi connectivity index (χ4n) is 2.93. The van der Waals surface area contributed by atoms with Gasteiger partial charge in [-0.25, -0.2) is 18.9 Å². The van der Waals surface area contributed by atoms with E-state index < -0.39 is 5.97 Å². The molecule has 7 heteroatoms. The van der Waals surface area contributed by atoms with E-state index in [2.05, 4.69) is 10.1 Å². The van der Waals surface area contributed by atoms with E-state index in [1.165, 1.54) is 16.1 Å². The second kappa shape index (κ2) is 6.77. The predicted molar refractivity (Wildman–Crippen MR) is 102 cm³/mol.